The first-order valence-electron chi connectivity index (χ1n) is 13.9. The third kappa shape index (κ3) is 7.33. The molecule has 1 saturated carbocycles. The van der Waals surface area contributed by atoms with Crippen molar-refractivity contribution in [3.05, 3.63) is 46.9 Å². The average Bonchev–Trinajstić information content (AvgIpc) is 3.73. The van der Waals surface area contributed by atoms with Crippen molar-refractivity contribution in [3.8, 4) is 5.75 Å². The zero-order valence-corrected chi connectivity index (χ0v) is 25.2. The SMILES string of the molecule is CN/C=C(/Nc1nc(Nc2cc(C)c(C3CCN(C)CC3)cc2OC2CC2)ncc1C(F)(F)F)C(=N)S(=O)(=O)C(C)C. The lowest BCUT2D eigenvalue weighted by Crippen LogP contribution is -2.29. The number of rotatable bonds is 10. The van der Waals surface area contributed by atoms with Crippen LogP contribution < -0.4 is 20.7 Å². The van der Waals surface area contributed by atoms with Crippen LogP contribution in [0.25, 0.3) is 0 Å². The first kappa shape index (κ1) is 31.5. The minimum atomic E-state index is -4.85. The van der Waals surface area contributed by atoms with E-state index in [2.05, 4.69) is 37.9 Å². The molecule has 42 heavy (non-hydrogen) atoms. The second kappa shape index (κ2) is 12.5. The number of sulfone groups is 1. The van der Waals surface area contributed by atoms with E-state index < -0.39 is 43.4 Å². The number of nitrogens with one attached hydrogen (secondary N) is 4. The van der Waals surface area contributed by atoms with Gasteiger partial charge in [-0.05, 0) is 95.8 Å². The van der Waals surface area contributed by atoms with Crippen molar-refractivity contribution in [1.82, 2.24) is 20.2 Å². The molecule has 1 aliphatic carbocycles. The predicted octanol–water partition coefficient (Wildman–Crippen LogP) is 5.17. The number of hydrogen-bond donors (Lipinski definition) is 4. The Bertz CT molecular complexity index is 1450. The molecule has 0 bridgehead atoms. The maximum Gasteiger partial charge on any atom is 0.421 e. The van der Waals surface area contributed by atoms with Gasteiger partial charge in [-0.1, -0.05) is 0 Å². The highest BCUT2D eigenvalue weighted by Crippen LogP contribution is 2.40. The maximum absolute atomic E-state index is 13.9. The zero-order chi connectivity index (χ0) is 30.8. The molecule has 1 aliphatic heterocycles. The third-order valence-electron chi connectivity index (χ3n) is 7.38. The van der Waals surface area contributed by atoms with E-state index in [0.29, 0.717) is 23.6 Å². The molecular formula is C28H38F3N7O3S. The molecule has 14 heteroatoms. The fourth-order valence-electron chi connectivity index (χ4n) is 4.71. The van der Waals surface area contributed by atoms with Crippen LogP contribution in [0.4, 0.5) is 30.6 Å². The van der Waals surface area contributed by atoms with E-state index in [-0.39, 0.29) is 12.1 Å². The van der Waals surface area contributed by atoms with E-state index in [4.69, 9.17) is 10.1 Å². The summed E-state index contributed by atoms with van der Waals surface area (Å²) in [5, 5.41) is 14.4. The number of aryl methyl sites for hydroxylation is 1. The van der Waals surface area contributed by atoms with Gasteiger partial charge in [0.1, 0.15) is 17.1 Å². The number of alkyl halides is 3. The standard InChI is InChI=1S/C28H38F3N7O3S/c1-16(2)42(39,40)25(32)23(15-33-4)35-26-21(28(29,30)31)14-34-27(37-26)36-22-12-17(3)20(13-24(22)41-19-6-7-19)18-8-10-38(5)11-9-18/h12-16,18-19,32-33H,6-11H2,1-5H3,(H2,34,35,36,37)/b23-15+,32-25?. The molecule has 4 rings (SSSR count). The van der Waals surface area contributed by atoms with Crippen LogP contribution in [0.1, 0.15) is 62.1 Å². The number of anilines is 3. The number of halogens is 3. The minimum absolute atomic E-state index is 0.0764. The van der Waals surface area contributed by atoms with Crippen LogP contribution in [0, 0.1) is 12.3 Å². The quantitative estimate of drug-likeness (QED) is 0.213. The Balaban J connectivity index is 1.70. The predicted molar refractivity (Wildman–Crippen MR) is 157 cm³/mol. The summed E-state index contributed by atoms with van der Waals surface area (Å²) < 4.78 is 73.3. The Morgan fingerprint density at radius 2 is 1.86 bits per heavy atom. The Hall–Kier alpha value is -3.39. The molecule has 2 aliphatic rings. The van der Waals surface area contributed by atoms with Crippen molar-refractivity contribution in [2.45, 2.75) is 69.9 Å². The Labute approximate surface area is 244 Å². The van der Waals surface area contributed by atoms with Gasteiger partial charge in [0.05, 0.1) is 22.7 Å². The van der Waals surface area contributed by atoms with Crippen LogP contribution in [0.15, 0.2) is 30.2 Å². The summed E-state index contributed by atoms with van der Waals surface area (Å²) in [6, 6.07) is 3.91. The van der Waals surface area contributed by atoms with E-state index in [1.165, 1.54) is 26.5 Å². The van der Waals surface area contributed by atoms with Crippen LogP contribution in [0.5, 0.6) is 5.75 Å². The molecule has 2 heterocycles. The van der Waals surface area contributed by atoms with Gasteiger partial charge in [0.25, 0.3) is 0 Å². The van der Waals surface area contributed by atoms with Gasteiger partial charge in [-0.15, -0.1) is 0 Å². The van der Waals surface area contributed by atoms with E-state index in [1.54, 1.807) is 0 Å². The lowest BCUT2D eigenvalue weighted by Gasteiger charge is -2.30. The number of piperidine rings is 1. The molecule has 0 unspecified atom stereocenters. The average molecular weight is 610 g/mol. The summed E-state index contributed by atoms with van der Waals surface area (Å²) >= 11 is 0. The van der Waals surface area contributed by atoms with Crippen LogP contribution >= 0.6 is 0 Å². The first-order valence-corrected chi connectivity index (χ1v) is 15.4. The highest BCUT2D eigenvalue weighted by molar-refractivity contribution is 8.07. The second-order valence-electron chi connectivity index (χ2n) is 11.1. The zero-order valence-electron chi connectivity index (χ0n) is 24.4. The number of aromatic nitrogens is 2. The summed E-state index contributed by atoms with van der Waals surface area (Å²) in [6.45, 7) is 6.76. The normalized spacial score (nSPS) is 17.3. The molecule has 0 radical (unpaired) electrons. The Morgan fingerprint density at radius 1 is 1.19 bits per heavy atom. The van der Waals surface area contributed by atoms with Gasteiger partial charge >= 0.3 is 6.18 Å². The topological polar surface area (TPSA) is 132 Å². The Morgan fingerprint density at radius 3 is 2.43 bits per heavy atom. The lowest BCUT2D eigenvalue weighted by molar-refractivity contribution is -0.137. The van der Waals surface area contributed by atoms with Crippen molar-refractivity contribution in [3.63, 3.8) is 0 Å². The summed E-state index contributed by atoms with van der Waals surface area (Å²) in [7, 11) is -0.561. The maximum atomic E-state index is 13.9. The van der Waals surface area contributed by atoms with Crippen LogP contribution in [-0.4, -0.2) is 66.9 Å². The van der Waals surface area contributed by atoms with Crippen molar-refractivity contribution in [2.24, 2.45) is 0 Å². The molecule has 1 saturated heterocycles. The highest BCUT2D eigenvalue weighted by Gasteiger charge is 2.37. The Kier molecular flexibility index (Phi) is 9.36. The molecule has 2 aromatic rings. The lowest BCUT2D eigenvalue weighted by atomic mass is 9.86. The van der Waals surface area contributed by atoms with Crippen LogP contribution in [0.3, 0.4) is 0 Å². The van der Waals surface area contributed by atoms with Crippen LogP contribution in [0.2, 0.25) is 0 Å². The van der Waals surface area contributed by atoms with Gasteiger partial charge in [-0.25, -0.2) is 13.4 Å². The second-order valence-corrected chi connectivity index (χ2v) is 13.5. The van der Waals surface area contributed by atoms with Crippen molar-refractivity contribution < 1.29 is 26.3 Å². The largest absolute Gasteiger partial charge is 0.488 e. The minimum Gasteiger partial charge on any atom is -0.488 e. The van der Waals surface area contributed by atoms with Crippen molar-refractivity contribution in [1.29, 1.82) is 5.41 Å². The molecule has 1 aromatic heterocycles. The van der Waals surface area contributed by atoms with Gasteiger partial charge in [0.2, 0.25) is 5.95 Å². The van der Waals surface area contributed by atoms with Gasteiger partial charge in [0, 0.05) is 19.4 Å². The fourth-order valence-corrected chi connectivity index (χ4v) is 5.60. The molecular weight excluding hydrogens is 571 g/mol. The first-order chi connectivity index (χ1) is 19.7. The molecule has 230 valence electrons. The molecule has 0 spiro atoms. The van der Waals surface area contributed by atoms with Crippen molar-refractivity contribution >= 4 is 32.3 Å². The van der Waals surface area contributed by atoms with E-state index in [0.717, 1.165) is 50.5 Å². The summed E-state index contributed by atoms with van der Waals surface area (Å²) in [4.78, 5) is 10.3. The summed E-state index contributed by atoms with van der Waals surface area (Å²) in [6.07, 6.45) is 0.841. The highest BCUT2D eigenvalue weighted by atomic mass is 32.2. The monoisotopic (exact) mass is 609 g/mol. The smallest absolute Gasteiger partial charge is 0.421 e. The van der Waals surface area contributed by atoms with Crippen LogP contribution in [-0.2, 0) is 16.0 Å². The molecule has 4 N–H and O–H groups in total. The van der Waals surface area contributed by atoms with Gasteiger partial charge in [-0.2, -0.15) is 18.2 Å². The van der Waals surface area contributed by atoms with E-state index >= 15 is 0 Å². The number of hydrogen-bond acceptors (Lipinski definition) is 10. The van der Waals surface area contributed by atoms with Gasteiger partial charge in [0.15, 0.2) is 14.9 Å². The fraction of sp³-hybridized carbons (Fsp3) is 0.536. The number of benzene rings is 1. The number of likely N-dealkylation sites (tertiary alicyclic amines) is 1. The molecule has 0 amide bonds. The number of ether oxygens (including phenoxy) is 1. The molecule has 1 aromatic carbocycles. The third-order valence-corrected chi connectivity index (χ3v) is 9.41. The van der Waals surface area contributed by atoms with E-state index in [9.17, 15) is 21.6 Å². The van der Waals surface area contributed by atoms with Gasteiger partial charge in [-0.3, -0.25) is 5.41 Å². The number of nitrogens with zero attached hydrogens (tertiary/aromatic N) is 3. The molecule has 0 atom stereocenters. The molecule has 2 fully saturated rings. The van der Waals surface area contributed by atoms with Gasteiger partial charge < -0.3 is 25.6 Å². The molecule has 10 nitrogen and oxygen atoms in total. The van der Waals surface area contributed by atoms with E-state index in [1.807, 2.05) is 19.1 Å². The summed E-state index contributed by atoms with van der Waals surface area (Å²) in [5.74, 6) is 0.106. The summed E-state index contributed by atoms with van der Waals surface area (Å²) in [5.41, 5.74) is 1.12. The van der Waals surface area contributed by atoms with Crippen molar-refractivity contribution in [2.75, 3.05) is 37.8 Å².